The number of morpholine rings is 1. The van der Waals surface area contributed by atoms with E-state index in [-0.39, 0.29) is 0 Å². The largest absolute Gasteiger partial charge is 0.379 e. The highest BCUT2D eigenvalue weighted by Crippen LogP contribution is 2.03. The number of rotatable bonds is 6. The lowest BCUT2D eigenvalue weighted by Crippen LogP contribution is -2.45. The second-order valence-corrected chi connectivity index (χ2v) is 5.17. The molecule has 1 heterocycles. The Morgan fingerprint density at radius 3 is 2.53 bits per heavy atom. The van der Waals surface area contributed by atoms with E-state index < -0.39 is 0 Å². The number of nitrogens with zero attached hydrogens (tertiary/aromatic N) is 2. The summed E-state index contributed by atoms with van der Waals surface area (Å²) in [5.41, 5.74) is 0. The first-order valence-electron chi connectivity index (χ1n) is 7.54. The van der Waals surface area contributed by atoms with E-state index in [4.69, 9.17) is 4.74 Å². The Morgan fingerprint density at radius 2 is 1.95 bits per heavy atom. The van der Waals surface area contributed by atoms with E-state index in [2.05, 4.69) is 48.2 Å². The van der Waals surface area contributed by atoms with Gasteiger partial charge < -0.3 is 15.4 Å². The van der Waals surface area contributed by atoms with Crippen LogP contribution < -0.4 is 10.6 Å². The van der Waals surface area contributed by atoms with E-state index in [1.54, 1.807) is 0 Å². The van der Waals surface area contributed by atoms with Gasteiger partial charge in [-0.05, 0) is 27.2 Å². The number of guanidine groups is 1. The maximum Gasteiger partial charge on any atom is 0.191 e. The summed E-state index contributed by atoms with van der Waals surface area (Å²) in [6.07, 6.45) is 1.10. The van der Waals surface area contributed by atoms with Crippen LogP contribution in [0.3, 0.4) is 0 Å². The van der Waals surface area contributed by atoms with Crippen molar-refractivity contribution in [1.29, 1.82) is 0 Å². The standard InChI is InChI=1S/C14H30N4O/c1-5-12(3)17-14(15-6-2)16-11-13(4)18-7-9-19-10-8-18/h12-13H,5-11H2,1-4H3,(H2,15,16,17). The second-order valence-electron chi connectivity index (χ2n) is 5.17. The molecule has 2 atom stereocenters. The molecule has 1 saturated heterocycles. The molecule has 1 rings (SSSR count). The van der Waals surface area contributed by atoms with Gasteiger partial charge in [-0.25, -0.2) is 0 Å². The molecule has 0 amide bonds. The van der Waals surface area contributed by atoms with Crippen molar-refractivity contribution in [3.8, 4) is 0 Å². The average molecular weight is 270 g/mol. The second kappa shape index (κ2) is 9.15. The van der Waals surface area contributed by atoms with Crippen LogP contribution in [0.1, 0.15) is 34.1 Å². The van der Waals surface area contributed by atoms with E-state index in [0.29, 0.717) is 12.1 Å². The lowest BCUT2D eigenvalue weighted by Gasteiger charge is -2.31. The molecule has 2 unspecified atom stereocenters. The summed E-state index contributed by atoms with van der Waals surface area (Å²) >= 11 is 0. The third-order valence-electron chi connectivity index (χ3n) is 3.52. The van der Waals surface area contributed by atoms with Crippen molar-refractivity contribution in [3.63, 3.8) is 0 Å². The Kier molecular flexibility index (Phi) is 7.82. The average Bonchev–Trinajstić information content (AvgIpc) is 2.45. The highest BCUT2D eigenvalue weighted by Gasteiger charge is 2.16. The normalized spacial score (nSPS) is 20.9. The lowest BCUT2D eigenvalue weighted by molar-refractivity contribution is 0.0220. The van der Waals surface area contributed by atoms with E-state index in [1.807, 2.05) is 0 Å². The van der Waals surface area contributed by atoms with Crippen molar-refractivity contribution in [2.75, 3.05) is 39.4 Å². The molecular formula is C14H30N4O. The molecule has 0 aromatic carbocycles. The molecule has 0 radical (unpaired) electrons. The smallest absolute Gasteiger partial charge is 0.191 e. The summed E-state index contributed by atoms with van der Waals surface area (Å²) in [6, 6.07) is 0.924. The van der Waals surface area contributed by atoms with Crippen LogP contribution in [0.15, 0.2) is 4.99 Å². The van der Waals surface area contributed by atoms with Crippen molar-refractivity contribution in [1.82, 2.24) is 15.5 Å². The molecule has 1 aliphatic rings. The third-order valence-corrected chi connectivity index (χ3v) is 3.52. The van der Waals surface area contributed by atoms with Gasteiger partial charge in [0.1, 0.15) is 0 Å². The Hall–Kier alpha value is -0.810. The zero-order chi connectivity index (χ0) is 14.1. The molecule has 19 heavy (non-hydrogen) atoms. The Balaban J connectivity index is 2.43. The van der Waals surface area contributed by atoms with Crippen molar-refractivity contribution >= 4 is 5.96 Å². The van der Waals surface area contributed by atoms with Crippen LogP contribution in [0.2, 0.25) is 0 Å². The predicted molar refractivity (Wildman–Crippen MR) is 80.7 cm³/mol. The fraction of sp³-hybridized carbons (Fsp3) is 0.929. The molecule has 0 aliphatic carbocycles. The summed E-state index contributed by atoms with van der Waals surface area (Å²) in [5.74, 6) is 0.928. The van der Waals surface area contributed by atoms with Gasteiger partial charge in [-0.2, -0.15) is 0 Å². The van der Waals surface area contributed by atoms with Crippen molar-refractivity contribution in [2.24, 2.45) is 4.99 Å². The number of aliphatic imine (C=N–C) groups is 1. The van der Waals surface area contributed by atoms with Crippen LogP contribution in [0.4, 0.5) is 0 Å². The quantitative estimate of drug-likeness (QED) is 0.560. The van der Waals surface area contributed by atoms with Gasteiger partial charge in [0.25, 0.3) is 0 Å². The molecule has 5 heteroatoms. The molecular weight excluding hydrogens is 240 g/mol. The first-order chi connectivity index (χ1) is 9.17. The summed E-state index contributed by atoms with van der Waals surface area (Å²) in [7, 11) is 0. The van der Waals surface area contributed by atoms with E-state index in [1.165, 1.54) is 0 Å². The first kappa shape index (κ1) is 16.2. The van der Waals surface area contributed by atoms with E-state index in [0.717, 1.165) is 51.8 Å². The van der Waals surface area contributed by atoms with Crippen molar-refractivity contribution in [2.45, 2.75) is 46.2 Å². The molecule has 1 aliphatic heterocycles. The molecule has 1 fully saturated rings. The summed E-state index contributed by atoms with van der Waals surface area (Å²) in [4.78, 5) is 7.13. The van der Waals surface area contributed by atoms with Gasteiger partial charge in [0.15, 0.2) is 5.96 Å². The van der Waals surface area contributed by atoms with Gasteiger partial charge in [-0.15, -0.1) is 0 Å². The molecule has 2 N–H and O–H groups in total. The molecule has 0 aromatic rings. The highest BCUT2D eigenvalue weighted by molar-refractivity contribution is 5.80. The Bertz CT molecular complexity index is 264. The van der Waals surface area contributed by atoms with Crippen LogP contribution in [0, 0.1) is 0 Å². The predicted octanol–water partition coefficient (Wildman–Crippen LogP) is 1.06. The van der Waals surface area contributed by atoms with Gasteiger partial charge in [-0.3, -0.25) is 9.89 Å². The minimum Gasteiger partial charge on any atom is -0.379 e. The number of nitrogens with one attached hydrogen (secondary N) is 2. The van der Waals surface area contributed by atoms with Crippen molar-refractivity contribution < 1.29 is 4.74 Å². The Morgan fingerprint density at radius 1 is 1.26 bits per heavy atom. The fourth-order valence-electron chi connectivity index (χ4n) is 2.01. The van der Waals surface area contributed by atoms with Gasteiger partial charge in [0, 0.05) is 31.7 Å². The van der Waals surface area contributed by atoms with Crippen LogP contribution in [-0.2, 0) is 4.74 Å². The van der Waals surface area contributed by atoms with Crippen LogP contribution in [0.5, 0.6) is 0 Å². The van der Waals surface area contributed by atoms with Gasteiger partial charge in [0.2, 0.25) is 0 Å². The number of ether oxygens (including phenoxy) is 1. The number of hydrogen-bond acceptors (Lipinski definition) is 3. The minimum atomic E-state index is 0.455. The van der Waals surface area contributed by atoms with Gasteiger partial charge >= 0.3 is 0 Å². The SMILES string of the molecule is CCNC(=NCC(C)N1CCOCC1)NC(C)CC. The summed E-state index contributed by atoms with van der Waals surface area (Å²) < 4.78 is 5.38. The van der Waals surface area contributed by atoms with Crippen molar-refractivity contribution in [3.05, 3.63) is 0 Å². The van der Waals surface area contributed by atoms with Gasteiger partial charge in [-0.1, -0.05) is 6.92 Å². The minimum absolute atomic E-state index is 0.455. The molecule has 112 valence electrons. The lowest BCUT2D eigenvalue weighted by atomic mass is 10.2. The maximum absolute atomic E-state index is 5.38. The third kappa shape index (κ3) is 6.25. The van der Waals surface area contributed by atoms with Gasteiger partial charge in [0.05, 0.1) is 19.8 Å². The topological polar surface area (TPSA) is 48.9 Å². The van der Waals surface area contributed by atoms with Crippen LogP contribution in [-0.4, -0.2) is 62.3 Å². The maximum atomic E-state index is 5.38. The molecule has 0 aromatic heterocycles. The van der Waals surface area contributed by atoms with Crippen LogP contribution >= 0.6 is 0 Å². The molecule has 0 saturated carbocycles. The van der Waals surface area contributed by atoms with Crippen LogP contribution in [0.25, 0.3) is 0 Å². The monoisotopic (exact) mass is 270 g/mol. The fourth-order valence-corrected chi connectivity index (χ4v) is 2.01. The van der Waals surface area contributed by atoms with E-state index >= 15 is 0 Å². The number of hydrogen-bond donors (Lipinski definition) is 2. The zero-order valence-electron chi connectivity index (χ0n) is 12.9. The molecule has 0 spiro atoms. The highest BCUT2D eigenvalue weighted by atomic mass is 16.5. The Labute approximate surface area is 117 Å². The molecule has 0 bridgehead atoms. The first-order valence-corrected chi connectivity index (χ1v) is 7.54. The zero-order valence-corrected chi connectivity index (χ0v) is 12.9. The molecule has 5 nitrogen and oxygen atoms in total. The summed E-state index contributed by atoms with van der Waals surface area (Å²) in [5, 5.41) is 6.72. The summed E-state index contributed by atoms with van der Waals surface area (Å²) in [6.45, 7) is 14.1. The van der Waals surface area contributed by atoms with E-state index in [9.17, 15) is 0 Å².